The molecular weight excluding hydrogens is 369 g/mol. The number of halogens is 1. The zero-order chi connectivity index (χ0) is 14.3. The average Bonchev–Trinajstić information content (AvgIpc) is 2.42. The van der Waals surface area contributed by atoms with Crippen molar-refractivity contribution >= 4 is 29.9 Å². The van der Waals surface area contributed by atoms with Crippen LogP contribution in [0.3, 0.4) is 0 Å². The number of benzene rings is 1. The van der Waals surface area contributed by atoms with Gasteiger partial charge in [0.25, 0.3) is 0 Å². The van der Waals surface area contributed by atoms with E-state index in [1.165, 1.54) is 0 Å². The van der Waals surface area contributed by atoms with Crippen molar-refractivity contribution in [1.29, 1.82) is 0 Å². The Kier molecular flexibility index (Phi) is 9.11. The van der Waals surface area contributed by atoms with Gasteiger partial charge < -0.3 is 20.5 Å². The first-order valence-electron chi connectivity index (χ1n) is 6.31. The zero-order valence-electron chi connectivity index (χ0n) is 12.5. The van der Waals surface area contributed by atoms with E-state index in [1.807, 2.05) is 18.2 Å². The summed E-state index contributed by atoms with van der Waals surface area (Å²) in [6.07, 6.45) is 0. The Labute approximate surface area is 138 Å². The second-order valence-corrected chi connectivity index (χ2v) is 4.67. The predicted octanol–water partition coefficient (Wildman–Crippen LogP) is 2.38. The van der Waals surface area contributed by atoms with Gasteiger partial charge in [0.2, 0.25) is 0 Å². The number of aliphatic imine (C=N–C) groups is 1. The molecule has 0 spiro atoms. The quantitative estimate of drug-likeness (QED) is 0.443. The number of rotatable bonds is 6. The highest BCUT2D eigenvalue weighted by molar-refractivity contribution is 14.0. The van der Waals surface area contributed by atoms with Gasteiger partial charge in [0.15, 0.2) is 17.5 Å². The van der Waals surface area contributed by atoms with Crippen molar-refractivity contribution in [3.63, 3.8) is 0 Å². The molecule has 6 heteroatoms. The molecule has 0 aliphatic rings. The van der Waals surface area contributed by atoms with Gasteiger partial charge in [0.05, 0.1) is 20.8 Å². The van der Waals surface area contributed by atoms with Crippen LogP contribution in [0.15, 0.2) is 23.2 Å². The molecule has 5 nitrogen and oxygen atoms in total. The Balaban J connectivity index is 0.00000361. The molecule has 0 aliphatic heterocycles. The highest BCUT2D eigenvalue weighted by Crippen LogP contribution is 2.27. The van der Waals surface area contributed by atoms with Crippen LogP contribution >= 0.6 is 24.0 Å². The van der Waals surface area contributed by atoms with Crippen LogP contribution in [0.4, 0.5) is 0 Å². The molecule has 20 heavy (non-hydrogen) atoms. The van der Waals surface area contributed by atoms with Crippen LogP contribution in [0.1, 0.15) is 19.4 Å². The van der Waals surface area contributed by atoms with Gasteiger partial charge >= 0.3 is 0 Å². The van der Waals surface area contributed by atoms with Gasteiger partial charge in [0, 0.05) is 6.54 Å². The van der Waals surface area contributed by atoms with Gasteiger partial charge in [-0.05, 0) is 23.6 Å². The van der Waals surface area contributed by atoms with E-state index in [0.29, 0.717) is 29.9 Å². The third-order valence-electron chi connectivity index (χ3n) is 2.57. The van der Waals surface area contributed by atoms with E-state index in [-0.39, 0.29) is 24.0 Å². The number of guanidine groups is 1. The fourth-order valence-corrected chi connectivity index (χ4v) is 1.52. The van der Waals surface area contributed by atoms with Crippen LogP contribution in [0.25, 0.3) is 0 Å². The third-order valence-corrected chi connectivity index (χ3v) is 2.57. The molecule has 0 aliphatic carbocycles. The minimum Gasteiger partial charge on any atom is -0.493 e. The Bertz CT molecular complexity index is 436. The summed E-state index contributed by atoms with van der Waals surface area (Å²) >= 11 is 0. The lowest BCUT2D eigenvalue weighted by atomic mass is 10.2. The lowest BCUT2D eigenvalue weighted by Gasteiger charge is -2.10. The van der Waals surface area contributed by atoms with Crippen molar-refractivity contribution in [2.24, 2.45) is 16.6 Å². The van der Waals surface area contributed by atoms with Crippen LogP contribution in [-0.4, -0.2) is 26.7 Å². The summed E-state index contributed by atoms with van der Waals surface area (Å²) in [6, 6.07) is 5.71. The van der Waals surface area contributed by atoms with E-state index in [4.69, 9.17) is 15.2 Å². The lowest BCUT2D eigenvalue weighted by Crippen LogP contribution is -2.34. The Morgan fingerprint density at radius 1 is 1.25 bits per heavy atom. The summed E-state index contributed by atoms with van der Waals surface area (Å²) in [4.78, 5) is 4.28. The maximum absolute atomic E-state index is 5.78. The number of ether oxygens (including phenoxy) is 2. The van der Waals surface area contributed by atoms with E-state index in [9.17, 15) is 0 Å². The number of nitrogens with one attached hydrogen (secondary N) is 1. The molecule has 3 N–H and O–H groups in total. The van der Waals surface area contributed by atoms with Crippen molar-refractivity contribution in [2.75, 3.05) is 20.8 Å². The van der Waals surface area contributed by atoms with Crippen molar-refractivity contribution in [2.45, 2.75) is 20.4 Å². The summed E-state index contributed by atoms with van der Waals surface area (Å²) < 4.78 is 10.4. The maximum Gasteiger partial charge on any atom is 0.188 e. The summed E-state index contributed by atoms with van der Waals surface area (Å²) in [5.74, 6) is 2.41. The molecule has 114 valence electrons. The van der Waals surface area contributed by atoms with Gasteiger partial charge in [-0.15, -0.1) is 24.0 Å². The van der Waals surface area contributed by atoms with Crippen molar-refractivity contribution < 1.29 is 9.47 Å². The smallest absolute Gasteiger partial charge is 0.188 e. The molecule has 0 fully saturated rings. The molecule has 0 atom stereocenters. The molecule has 1 aromatic carbocycles. The molecule has 0 radical (unpaired) electrons. The fourth-order valence-electron chi connectivity index (χ4n) is 1.52. The summed E-state index contributed by atoms with van der Waals surface area (Å²) in [5.41, 5.74) is 6.80. The van der Waals surface area contributed by atoms with Crippen molar-refractivity contribution in [3.8, 4) is 11.5 Å². The highest BCUT2D eigenvalue weighted by Gasteiger charge is 2.04. The Morgan fingerprint density at radius 2 is 1.90 bits per heavy atom. The third kappa shape index (κ3) is 6.31. The van der Waals surface area contributed by atoms with E-state index in [0.717, 1.165) is 12.1 Å². The molecule has 0 aromatic heterocycles. The second kappa shape index (κ2) is 9.68. The maximum atomic E-state index is 5.78. The minimum absolute atomic E-state index is 0. The van der Waals surface area contributed by atoms with E-state index >= 15 is 0 Å². The molecule has 1 aromatic rings. The van der Waals surface area contributed by atoms with Crippen LogP contribution in [0, 0.1) is 5.92 Å². The number of hydrogen-bond acceptors (Lipinski definition) is 3. The zero-order valence-corrected chi connectivity index (χ0v) is 14.8. The molecule has 0 amide bonds. The Hall–Kier alpha value is -1.18. The van der Waals surface area contributed by atoms with E-state index in [2.05, 4.69) is 24.2 Å². The average molecular weight is 393 g/mol. The molecule has 0 heterocycles. The van der Waals surface area contributed by atoms with Crippen molar-refractivity contribution in [1.82, 2.24) is 5.32 Å². The summed E-state index contributed by atoms with van der Waals surface area (Å²) in [6.45, 7) is 5.57. The standard InChI is InChI=1S/C14H23N3O2.HI/c1-10(2)8-16-14(15)17-9-11-5-6-12(18-3)13(7-11)19-4;/h5-7,10H,8-9H2,1-4H3,(H3,15,16,17);1H. The van der Waals surface area contributed by atoms with Gasteiger partial charge in [-0.25, -0.2) is 4.99 Å². The first-order valence-corrected chi connectivity index (χ1v) is 6.31. The number of methoxy groups -OCH3 is 2. The number of nitrogens with zero attached hydrogens (tertiary/aromatic N) is 1. The molecular formula is C14H24IN3O2. The predicted molar refractivity (Wildman–Crippen MR) is 93.1 cm³/mol. The van der Waals surface area contributed by atoms with E-state index in [1.54, 1.807) is 14.2 Å². The van der Waals surface area contributed by atoms with Gasteiger partial charge in [0.1, 0.15) is 0 Å². The molecule has 0 bridgehead atoms. The van der Waals surface area contributed by atoms with Gasteiger partial charge in [-0.2, -0.15) is 0 Å². The van der Waals surface area contributed by atoms with Crippen LogP contribution < -0.4 is 20.5 Å². The topological polar surface area (TPSA) is 68.9 Å². The SMILES string of the molecule is COc1ccc(CN=C(N)NCC(C)C)cc1OC.I. The highest BCUT2D eigenvalue weighted by atomic mass is 127. The van der Waals surface area contributed by atoms with Crippen molar-refractivity contribution in [3.05, 3.63) is 23.8 Å². The normalized spacial score (nSPS) is 10.9. The fraction of sp³-hybridized carbons (Fsp3) is 0.500. The first kappa shape index (κ1) is 18.8. The van der Waals surface area contributed by atoms with Crippen LogP contribution in [0.5, 0.6) is 11.5 Å². The largest absolute Gasteiger partial charge is 0.493 e. The molecule has 0 saturated heterocycles. The Morgan fingerprint density at radius 3 is 2.45 bits per heavy atom. The molecule has 0 unspecified atom stereocenters. The van der Waals surface area contributed by atoms with Crippen LogP contribution in [-0.2, 0) is 6.54 Å². The molecule has 1 rings (SSSR count). The van der Waals surface area contributed by atoms with E-state index < -0.39 is 0 Å². The number of nitrogens with two attached hydrogens (primary N) is 1. The number of hydrogen-bond donors (Lipinski definition) is 2. The lowest BCUT2D eigenvalue weighted by molar-refractivity contribution is 0.354. The summed E-state index contributed by atoms with van der Waals surface area (Å²) in [7, 11) is 3.23. The first-order chi connectivity index (χ1) is 9.06. The summed E-state index contributed by atoms with van der Waals surface area (Å²) in [5, 5.41) is 3.08. The van der Waals surface area contributed by atoms with Gasteiger partial charge in [-0.1, -0.05) is 19.9 Å². The minimum atomic E-state index is 0. The molecule has 0 saturated carbocycles. The van der Waals surface area contributed by atoms with Gasteiger partial charge in [-0.3, -0.25) is 0 Å². The second-order valence-electron chi connectivity index (χ2n) is 4.67. The van der Waals surface area contributed by atoms with Crippen LogP contribution in [0.2, 0.25) is 0 Å². The monoisotopic (exact) mass is 393 g/mol.